The highest BCUT2D eigenvalue weighted by Gasteiger charge is 2.41. The van der Waals surface area contributed by atoms with E-state index in [9.17, 15) is 9.59 Å². The number of carbonyl (C=O) groups is 2. The fourth-order valence-corrected chi connectivity index (χ4v) is 5.60. The van der Waals surface area contributed by atoms with Gasteiger partial charge in [0.05, 0.1) is 20.1 Å². The van der Waals surface area contributed by atoms with Gasteiger partial charge >= 0.3 is 0 Å². The molecule has 2 fully saturated rings. The molecule has 4 rings (SSSR count). The van der Waals surface area contributed by atoms with Gasteiger partial charge < -0.3 is 19.3 Å². The molecule has 2 aliphatic heterocycles. The first kappa shape index (κ1) is 26.3. The Morgan fingerprint density at radius 3 is 2.50 bits per heavy atom. The van der Waals surface area contributed by atoms with E-state index >= 15 is 0 Å². The third kappa shape index (κ3) is 6.73. The van der Waals surface area contributed by atoms with Gasteiger partial charge in [-0.3, -0.25) is 9.59 Å². The number of methoxy groups -OCH3 is 1. The molecule has 0 aliphatic carbocycles. The van der Waals surface area contributed by atoms with Crippen LogP contribution in [0.2, 0.25) is 5.02 Å². The zero-order valence-electron chi connectivity index (χ0n) is 21.4. The topological polar surface area (TPSA) is 59.1 Å². The van der Waals surface area contributed by atoms with Crippen molar-refractivity contribution in [3.63, 3.8) is 0 Å². The highest BCUT2D eigenvalue weighted by Crippen LogP contribution is 2.36. The minimum absolute atomic E-state index is 0.0520. The van der Waals surface area contributed by atoms with E-state index in [0.29, 0.717) is 36.9 Å². The predicted octanol–water partition coefficient (Wildman–Crippen LogP) is 5.29. The lowest BCUT2D eigenvalue weighted by Crippen LogP contribution is -2.51. The zero-order chi connectivity index (χ0) is 25.5. The Labute approximate surface area is 219 Å². The molecule has 0 N–H and O–H groups in total. The molecule has 36 heavy (non-hydrogen) atoms. The molecule has 0 bridgehead atoms. The fraction of sp³-hybridized carbons (Fsp3) is 0.517. The van der Waals surface area contributed by atoms with Crippen LogP contribution in [0.25, 0.3) is 0 Å². The Kier molecular flexibility index (Phi) is 8.78. The number of piperidine rings is 2. The molecular weight excluding hydrogens is 476 g/mol. The maximum Gasteiger partial charge on any atom is 0.227 e. The van der Waals surface area contributed by atoms with E-state index in [4.69, 9.17) is 21.1 Å². The van der Waals surface area contributed by atoms with Gasteiger partial charge in [-0.1, -0.05) is 35.4 Å². The van der Waals surface area contributed by atoms with Crippen molar-refractivity contribution in [1.29, 1.82) is 0 Å². The molecule has 194 valence electrons. The van der Waals surface area contributed by atoms with E-state index in [1.807, 2.05) is 53.1 Å². The van der Waals surface area contributed by atoms with E-state index in [-0.39, 0.29) is 18.2 Å². The highest BCUT2D eigenvalue weighted by atomic mass is 35.5. The molecule has 2 aromatic rings. The number of nitrogens with zero attached hydrogens (tertiary/aromatic N) is 2. The number of aryl methyl sites for hydroxylation is 1. The molecule has 1 atom stereocenters. The molecule has 2 amide bonds. The molecule has 0 saturated carbocycles. The van der Waals surface area contributed by atoms with E-state index in [1.165, 1.54) is 6.42 Å². The Balaban J connectivity index is 1.51. The van der Waals surface area contributed by atoms with Crippen LogP contribution in [0, 0.1) is 12.3 Å². The van der Waals surface area contributed by atoms with Crippen molar-refractivity contribution in [3.05, 3.63) is 58.6 Å². The number of halogens is 1. The number of carbonyl (C=O) groups excluding carboxylic acids is 2. The Morgan fingerprint density at radius 1 is 0.972 bits per heavy atom. The number of benzene rings is 2. The van der Waals surface area contributed by atoms with Crippen LogP contribution in [-0.2, 0) is 16.0 Å². The number of likely N-dealkylation sites (tertiary alicyclic amines) is 2. The van der Waals surface area contributed by atoms with E-state index < -0.39 is 5.41 Å². The summed E-state index contributed by atoms with van der Waals surface area (Å²) in [5.41, 5.74) is 1.54. The monoisotopic (exact) mass is 512 g/mol. The van der Waals surface area contributed by atoms with Crippen molar-refractivity contribution in [2.45, 2.75) is 51.9 Å². The Morgan fingerprint density at radius 2 is 1.75 bits per heavy atom. The number of hydrogen-bond acceptors (Lipinski definition) is 4. The van der Waals surface area contributed by atoms with Gasteiger partial charge in [-0.25, -0.2) is 0 Å². The number of hydrogen-bond donors (Lipinski definition) is 0. The second kappa shape index (κ2) is 12.0. The predicted molar refractivity (Wildman–Crippen MR) is 142 cm³/mol. The number of amides is 2. The molecule has 0 spiro atoms. The molecule has 6 nitrogen and oxygen atoms in total. The standard InChI is InChI=1S/C29H37ClN2O4/c1-22-10-11-26(35-2)23(16-22)17-27(33)32-15-7-12-29(20-32,19-28(34)31-13-4-3-5-14-31)21-36-25-9-6-8-24(30)18-25/h6,8-11,16,18H,3-5,7,12-15,17,19-21H2,1-2H3. The lowest BCUT2D eigenvalue weighted by atomic mass is 9.77. The quantitative estimate of drug-likeness (QED) is 0.482. The molecule has 2 aliphatic rings. The summed E-state index contributed by atoms with van der Waals surface area (Å²) in [4.78, 5) is 30.7. The molecule has 0 aromatic heterocycles. The van der Waals surface area contributed by atoms with Gasteiger partial charge in [-0.15, -0.1) is 0 Å². The SMILES string of the molecule is COc1ccc(C)cc1CC(=O)N1CCCC(COc2cccc(Cl)c2)(CC(=O)N2CCCCC2)C1. The zero-order valence-corrected chi connectivity index (χ0v) is 22.2. The second-order valence-electron chi connectivity index (χ2n) is 10.3. The largest absolute Gasteiger partial charge is 0.496 e. The summed E-state index contributed by atoms with van der Waals surface area (Å²) in [6.45, 7) is 5.20. The molecule has 7 heteroatoms. The van der Waals surface area contributed by atoms with E-state index in [1.54, 1.807) is 13.2 Å². The van der Waals surface area contributed by atoms with Gasteiger partial charge in [0.25, 0.3) is 0 Å². The fourth-order valence-electron chi connectivity index (χ4n) is 5.42. The molecule has 0 radical (unpaired) electrons. The average molecular weight is 513 g/mol. The number of rotatable bonds is 8. The van der Waals surface area contributed by atoms with Gasteiger partial charge in [0.15, 0.2) is 0 Å². The summed E-state index contributed by atoms with van der Waals surface area (Å²) in [6, 6.07) is 13.2. The van der Waals surface area contributed by atoms with Gasteiger partial charge in [-0.2, -0.15) is 0 Å². The lowest BCUT2D eigenvalue weighted by molar-refractivity contribution is -0.141. The maximum absolute atomic E-state index is 13.5. The van der Waals surface area contributed by atoms with Gasteiger partial charge in [0.1, 0.15) is 11.5 Å². The smallest absolute Gasteiger partial charge is 0.227 e. The molecule has 2 aromatic carbocycles. The maximum atomic E-state index is 13.5. The molecule has 2 saturated heterocycles. The summed E-state index contributed by atoms with van der Waals surface area (Å²) in [7, 11) is 1.63. The number of ether oxygens (including phenoxy) is 2. The Hall–Kier alpha value is -2.73. The van der Waals surface area contributed by atoms with Crippen LogP contribution in [0.3, 0.4) is 0 Å². The van der Waals surface area contributed by atoms with Crippen molar-refractivity contribution >= 4 is 23.4 Å². The summed E-state index contributed by atoms with van der Waals surface area (Å²) < 4.78 is 11.7. The molecule has 2 heterocycles. The third-order valence-electron chi connectivity index (χ3n) is 7.37. The summed E-state index contributed by atoms with van der Waals surface area (Å²) in [6.07, 6.45) is 5.62. The van der Waals surface area contributed by atoms with Crippen LogP contribution in [0.5, 0.6) is 11.5 Å². The summed E-state index contributed by atoms with van der Waals surface area (Å²) in [5, 5.41) is 0.610. The highest BCUT2D eigenvalue weighted by molar-refractivity contribution is 6.30. The van der Waals surface area contributed by atoms with Crippen LogP contribution >= 0.6 is 11.6 Å². The van der Waals surface area contributed by atoms with Crippen LogP contribution in [0.1, 0.15) is 49.7 Å². The molecular formula is C29H37ClN2O4. The summed E-state index contributed by atoms with van der Waals surface area (Å²) >= 11 is 6.16. The van der Waals surface area contributed by atoms with Gasteiger partial charge in [0.2, 0.25) is 11.8 Å². The lowest BCUT2D eigenvalue weighted by Gasteiger charge is -2.43. The van der Waals surface area contributed by atoms with Crippen molar-refractivity contribution < 1.29 is 19.1 Å². The second-order valence-corrected chi connectivity index (χ2v) is 10.7. The first-order valence-electron chi connectivity index (χ1n) is 12.9. The van der Waals surface area contributed by atoms with E-state index in [0.717, 1.165) is 55.6 Å². The van der Waals surface area contributed by atoms with Crippen LogP contribution in [0.15, 0.2) is 42.5 Å². The first-order chi connectivity index (χ1) is 17.4. The van der Waals surface area contributed by atoms with Crippen molar-refractivity contribution in [2.75, 3.05) is 39.9 Å². The van der Waals surface area contributed by atoms with Crippen LogP contribution < -0.4 is 9.47 Å². The summed E-state index contributed by atoms with van der Waals surface area (Å²) in [5.74, 6) is 1.62. The van der Waals surface area contributed by atoms with Gasteiger partial charge in [-0.05, 0) is 63.3 Å². The first-order valence-corrected chi connectivity index (χ1v) is 13.3. The van der Waals surface area contributed by atoms with Crippen molar-refractivity contribution in [3.8, 4) is 11.5 Å². The van der Waals surface area contributed by atoms with Crippen molar-refractivity contribution in [1.82, 2.24) is 9.80 Å². The van der Waals surface area contributed by atoms with Crippen LogP contribution in [0.4, 0.5) is 0 Å². The molecule has 1 unspecified atom stereocenters. The van der Waals surface area contributed by atoms with Gasteiger partial charge in [0, 0.05) is 48.6 Å². The van der Waals surface area contributed by atoms with Crippen LogP contribution in [-0.4, -0.2) is 61.5 Å². The third-order valence-corrected chi connectivity index (χ3v) is 7.60. The van der Waals surface area contributed by atoms with Crippen molar-refractivity contribution in [2.24, 2.45) is 5.41 Å². The average Bonchev–Trinajstić information content (AvgIpc) is 2.88. The Bertz CT molecular complexity index is 1070. The minimum atomic E-state index is -0.443. The normalized spacial score (nSPS) is 20.2. The van der Waals surface area contributed by atoms with E-state index in [2.05, 4.69) is 0 Å². The minimum Gasteiger partial charge on any atom is -0.496 e.